The molecule has 156 valence electrons. The molecule has 0 atom stereocenters. The van der Waals surface area contributed by atoms with Crippen molar-refractivity contribution in [1.29, 1.82) is 0 Å². The number of hydrogen-bond acceptors (Lipinski definition) is 5. The van der Waals surface area contributed by atoms with E-state index in [1.54, 1.807) is 23.5 Å². The second-order valence-corrected chi connectivity index (χ2v) is 9.55. The first-order chi connectivity index (χ1) is 14.9. The fraction of sp³-hybridized carbons (Fsp3) is 0.0455. The molecule has 0 fully saturated rings. The summed E-state index contributed by atoms with van der Waals surface area (Å²) in [4.78, 5) is 17.5. The van der Waals surface area contributed by atoms with Crippen LogP contribution in [0.3, 0.4) is 0 Å². The van der Waals surface area contributed by atoms with Gasteiger partial charge in [0.2, 0.25) is 0 Å². The van der Waals surface area contributed by atoms with Gasteiger partial charge >= 0.3 is 0 Å². The molecule has 0 unspecified atom stereocenters. The molecule has 5 nitrogen and oxygen atoms in total. The number of aromatic nitrogens is 1. The molecule has 2 N–H and O–H groups in total. The highest BCUT2D eigenvalue weighted by Crippen LogP contribution is 2.35. The van der Waals surface area contributed by atoms with Crippen LogP contribution in [0.15, 0.2) is 60.7 Å². The van der Waals surface area contributed by atoms with Crippen LogP contribution in [-0.4, -0.2) is 23.1 Å². The molecule has 3 aromatic carbocycles. The lowest BCUT2D eigenvalue weighted by atomic mass is 10.2. The van der Waals surface area contributed by atoms with Gasteiger partial charge in [-0.2, -0.15) is 0 Å². The van der Waals surface area contributed by atoms with Gasteiger partial charge in [0.1, 0.15) is 10.8 Å². The molecule has 4 aromatic rings. The molecule has 0 saturated heterocycles. The smallest absolute Gasteiger partial charge is 0.261 e. The molecule has 0 aliphatic rings. The van der Waals surface area contributed by atoms with Crippen molar-refractivity contribution < 1.29 is 9.53 Å². The van der Waals surface area contributed by atoms with Gasteiger partial charge in [-0.1, -0.05) is 23.7 Å². The second kappa shape index (κ2) is 9.47. The predicted octanol–water partition coefficient (Wildman–Crippen LogP) is 6.36. The third-order valence-electron chi connectivity index (χ3n) is 4.39. The van der Waals surface area contributed by atoms with Gasteiger partial charge in [0, 0.05) is 14.2 Å². The lowest BCUT2D eigenvalue weighted by molar-refractivity contribution is 0.0975. The van der Waals surface area contributed by atoms with Crippen LogP contribution in [-0.2, 0) is 0 Å². The van der Waals surface area contributed by atoms with Gasteiger partial charge in [0.25, 0.3) is 5.91 Å². The van der Waals surface area contributed by atoms with Gasteiger partial charge in [-0.05, 0) is 83.3 Å². The van der Waals surface area contributed by atoms with Gasteiger partial charge in [0.15, 0.2) is 5.11 Å². The van der Waals surface area contributed by atoms with Crippen LogP contribution < -0.4 is 15.4 Å². The van der Waals surface area contributed by atoms with Crippen molar-refractivity contribution in [3.8, 4) is 16.3 Å². The number of thiocarbonyl (C=S) groups is 1. The SMILES string of the molecule is COc1ccc(Cl)cc1C(=O)NC(=S)Nc1ccc(I)cc1-c1nc2ccccc2s1. The molecule has 1 aromatic heterocycles. The first-order valence-corrected chi connectivity index (χ1v) is 11.7. The maximum Gasteiger partial charge on any atom is 0.261 e. The summed E-state index contributed by atoms with van der Waals surface area (Å²) in [6, 6.07) is 18.7. The van der Waals surface area contributed by atoms with Crippen LogP contribution in [0, 0.1) is 3.57 Å². The van der Waals surface area contributed by atoms with Crippen LogP contribution in [0.5, 0.6) is 5.75 Å². The summed E-state index contributed by atoms with van der Waals surface area (Å²) >= 11 is 15.3. The average Bonchev–Trinajstić information content (AvgIpc) is 3.19. The van der Waals surface area contributed by atoms with Crippen molar-refractivity contribution in [3.63, 3.8) is 0 Å². The quantitative estimate of drug-likeness (QED) is 0.218. The monoisotopic (exact) mass is 579 g/mol. The van der Waals surface area contributed by atoms with E-state index in [9.17, 15) is 4.79 Å². The summed E-state index contributed by atoms with van der Waals surface area (Å²) in [5, 5.41) is 7.27. The Hall–Kier alpha value is -2.27. The lowest BCUT2D eigenvalue weighted by Gasteiger charge is -2.14. The van der Waals surface area contributed by atoms with Crippen molar-refractivity contribution in [2.24, 2.45) is 0 Å². The highest BCUT2D eigenvalue weighted by Gasteiger charge is 2.16. The van der Waals surface area contributed by atoms with Gasteiger partial charge in [-0.3, -0.25) is 10.1 Å². The number of anilines is 1. The highest BCUT2D eigenvalue weighted by molar-refractivity contribution is 14.1. The van der Waals surface area contributed by atoms with Crippen LogP contribution in [0.4, 0.5) is 5.69 Å². The van der Waals surface area contributed by atoms with Crippen molar-refractivity contribution in [3.05, 3.63) is 74.8 Å². The number of rotatable bonds is 4. The number of methoxy groups -OCH3 is 1. The summed E-state index contributed by atoms with van der Waals surface area (Å²) in [7, 11) is 1.49. The number of carbonyl (C=O) groups is 1. The molecule has 31 heavy (non-hydrogen) atoms. The molecule has 0 radical (unpaired) electrons. The topological polar surface area (TPSA) is 63.2 Å². The Morgan fingerprint density at radius 3 is 2.74 bits per heavy atom. The third-order valence-corrected chi connectivity index (χ3v) is 6.57. The van der Waals surface area contributed by atoms with E-state index in [4.69, 9.17) is 33.5 Å². The molecule has 0 bridgehead atoms. The second-order valence-electron chi connectivity index (χ2n) is 6.43. The number of thiazole rings is 1. The van der Waals surface area contributed by atoms with Crippen LogP contribution in [0.25, 0.3) is 20.8 Å². The maximum absolute atomic E-state index is 12.7. The van der Waals surface area contributed by atoms with Gasteiger partial charge < -0.3 is 10.1 Å². The van der Waals surface area contributed by atoms with Crippen molar-refractivity contribution in [2.75, 3.05) is 12.4 Å². The molecular formula is C22H15ClIN3O2S2. The Labute approximate surface area is 206 Å². The van der Waals surface area contributed by atoms with E-state index >= 15 is 0 Å². The molecular weight excluding hydrogens is 565 g/mol. The van der Waals surface area contributed by atoms with Crippen molar-refractivity contribution >= 4 is 84.7 Å². The zero-order valence-electron chi connectivity index (χ0n) is 16.1. The van der Waals surface area contributed by atoms with Crippen LogP contribution in [0.1, 0.15) is 10.4 Å². The molecule has 9 heteroatoms. The number of benzene rings is 3. The fourth-order valence-electron chi connectivity index (χ4n) is 2.97. The minimum Gasteiger partial charge on any atom is -0.496 e. The van der Waals surface area contributed by atoms with Crippen LogP contribution >= 0.6 is 57.7 Å². The number of nitrogens with zero attached hydrogens (tertiary/aromatic N) is 1. The zero-order valence-corrected chi connectivity index (χ0v) is 20.7. The third kappa shape index (κ3) is 4.98. The standard InChI is InChI=1S/C22H15ClIN3O2S2/c1-29-18-9-6-12(23)10-15(18)20(28)27-22(30)26-16-8-7-13(24)11-14(16)21-25-17-4-2-3-5-19(17)31-21/h2-11H,1H3,(H2,26,27,28,30). The zero-order chi connectivity index (χ0) is 22.0. The normalized spacial score (nSPS) is 10.7. The Bertz CT molecular complexity index is 1280. The number of fused-ring (bicyclic) bond motifs is 1. The molecule has 0 aliphatic carbocycles. The molecule has 1 amide bonds. The van der Waals surface area contributed by atoms with E-state index in [2.05, 4.69) is 33.2 Å². The predicted molar refractivity (Wildman–Crippen MR) is 139 cm³/mol. The fourth-order valence-corrected chi connectivity index (χ4v) is 4.83. The van der Waals surface area contributed by atoms with E-state index < -0.39 is 5.91 Å². The summed E-state index contributed by atoms with van der Waals surface area (Å²) in [5.74, 6) is -0.00183. The summed E-state index contributed by atoms with van der Waals surface area (Å²) in [6.45, 7) is 0. The largest absolute Gasteiger partial charge is 0.496 e. The number of hydrogen-bond donors (Lipinski definition) is 2. The Kier molecular flexibility index (Phi) is 6.71. The van der Waals surface area contributed by atoms with Crippen molar-refractivity contribution in [1.82, 2.24) is 10.3 Å². The molecule has 4 rings (SSSR count). The molecule has 0 saturated carbocycles. The molecule has 0 aliphatic heterocycles. The van der Waals surface area contributed by atoms with Crippen molar-refractivity contribution in [2.45, 2.75) is 0 Å². The minimum atomic E-state index is -0.413. The summed E-state index contributed by atoms with van der Waals surface area (Å²) in [6.07, 6.45) is 0. The minimum absolute atomic E-state index is 0.163. The number of amides is 1. The van der Waals surface area contributed by atoms with E-state index in [-0.39, 0.29) is 5.11 Å². The van der Waals surface area contributed by atoms with E-state index in [1.807, 2.05) is 42.5 Å². The number of para-hydroxylation sites is 1. The lowest BCUT2D eigenvalue weighted by Crippen LogP contribution is -2.34. The Balaban J connectivity index is 1.59. The number of ether oxygens (including phenoxy) is 1. The average molecular weight is 580 g/mol. The molecule has 0 spiro atoms. The van der Waals surface area contributed by atoms with Gasteiger partial charge in [-0.15, -0.1) is 11.3 Å². The van der Waals surface area contributed by atoms with Crippen LogP contribution in [0.2, 0.25) is 5.02 Å². The summed E-state index contributed by atoms with van der Waals surface area (Å²) in [5.41, 5.74) is 2.90. The number of halogens is 2. The van der Waals surface area contributed by atoms with E-state index in [0.29, 0.717) is 16.3 Å². The maximum atomic E-state index is 12.7. The van der Waals surface area contributed by atoms with E-state index in [0.717, 1.165) is 30.0 Å². The number of carbonyl (C=O) groups excluding carboxylic acids is 1. The molecule has 1 heterocycles. The Morgan fingerprint density at radius 1 is 1.16 bits per heavy atom. The number of nitrogens with one attached hydrogen (secondary N) is 2. The first-order valence-electron chi connectivity index (χ1n) is 9.06. The van der Waals surface area contributed by atoms with Gasteiger partial charge in [-0.25, -0.2) is 4.98 Å². The first kappa shape index (κ1) is 21.9. The van der Waals surface area contributed by atoms with E-state index in [1.165, 1.54) is 13.2 Å². The highest BCUT2D eigenvalue weighted by atomic mass is 127. The Morgan fingerprint density at radius 2 is 1.97 bits per heavy atom. The summed E-state index contributed by atoms with van der Waals surface area (Å²) < 4.78 is 7.42. The van der Waals surface area contributed by atoms with Gasteiger partial charge in [0.05, 0.1) is 28.6 Å².